The van der Waals surface area contributed by atoms with Crippen LogP contribution in [-0.2, 0) is 6.18 Å². The summed E-state index contributed by atoms with van der Waals surface area (Å²) < 4.78 is 43.7. The molecule has 3 nitrogen and oxygen atoms in total. The number of fused-ring (bicyclic) bond motifs is 1. The van der Waals surface area contributed by atoms with Crippen molar-refractivity contribution in [2.75, 3.05) is 5.32 Å². The van der Waals surface area contributed by atoms with Crippen LogP contribution in [0.2, 0.25) is 0 Å². The van der Waals surface area contributed by atoms with Gasteiger partial charge in [-0.3, -0.25) is 0 Å². The summed E-state index contributed by atoms with van der Waals surface area (Å²) >= 11 is 1.33. The third-order valence-electron chi connectivity index (χ3n) is 3.69. The molecule has 0 saturated carbocycles. The topological polar surface area (TPSA) is 38.1 Å². The van der Waals surface area contributed by atoms with Crippen LogP contribution in [0.4, 0.5) is 24.0 Å². The van der Waals surface area contributed by atoms with Crippen molar-refractivity contribution in [1.82, 2.24) is 4.98 Å². The fourth-order valence-electron chi connectivity index (χ4n) is 2.49. The van der Waals surface area contributed by atoms with Crippen LogP contribution in [0.1, 0.15) is 5.56 Å². The van der Waals surface area contributed by atoms with Gasteiger partial charge in [-0.25, -0.2) is 4.98 Å². The molecule has 0 unspecified atom stereocenters. The summed E-state index contributed by atoms with van der Waals surface area (Å²) in [6.07, 6.45) is -2.75. The summed E-state index contributed by atoms with van der Waals surface area (Å²) in [4.78, 5) is 4.45. The van der Waals surface area contributed by atoms with E-state index in [0.29, 0.717) is 10.8 Å². The van der Waals surface area contributed by atoms with Gasteiger partial charge in [0.1, 0.15) is 5.58 Å². The van der Waals surface area contributed by atoms with Gasteiger partial charge >= 0.3 is 6.18 Å². The van der Waals surface area contributed by atoms with E-state index in [4.69, 9.17) is 4.42 Å². The molecule has 0 aliphatic rings. The van der Waals surface area contributed by atoms with Crippen LogP contribution < -0.4 is 5.32 Å². The number of hydrogen-bond acceptors (Lipinski definition) is 4. The molecule has 0 amide bonds. The van der Waals surface area contributed by atoms with Crippen LogP contribution in [0.25, 0.3) is 22.2 Å². The van der Waals surface area contributed by atoms with Crippen molar-refractivity contribution in [3.8, 4) is 11.3 Å². The Morgan fingerprint density at radius 1 is 1.04 bits per heavy atom. The van der Waals surface area contributed by atoms with Gasteiger partial charge in [0, 0.05) is 22.0 Å². The Kier molecular flexibility index (Phi) is 3.73. The summed E-state index contributed by atoms with van der Waals surface area (Å²) in [7, 11) is 0. The van der Waals surface area contributed by atoms with Gasteiger partial charge < -0.3 is 9.73 Å². The third-order valence-corrected chi connectivity index (χ3v) is 4.45. The van der Waals surface area contributed by atoms with Crippen molar-refractivity contribution in [2.45, 2.75) is 6.18 Å². The predicted molar refractivity (Wildman–Crippen MR) is 92.0 cm³/mol. The Balaban J connectivity index is 1.59. The average Bonchev–Trinajstić information content (AvgIpc) is 3.22. The SMILES string of the molecule is FC(F)(F)c1cccc(Nc2nc(-c3ccc4occc4c3)cs2)c1. The van der Waals surface area contributed by atoms with E-state index >= 15 is 0 Å². The minimum atomic E-state index is -4.37. The maximum atomic E-state index is 12.8. The van der Waals surface area contributed by atoms with Crippen molar-refractivity contribution < 1.29 is 17.6 Å². The number of hydrogen-bond donors (Lipinski definition) is 1. The van der Waals surface area contributed by atoms with Crippen LogP contribution in [0.5, 0.6) is 0 Å². The summed E-state index contributed by atoms with van der Waals surface area (Å²) in [5.41, 5.74) is 2.12. The predicted octanol–water partition coefficient (Wildman–Crippen LogP) is 6.32. The number of aromatic nitrogens is 1. The van der Waals surface area contributed by atoms with Crippen LogP contribution in [-0.4, -0.2) is 4.98 Å². The molecule has 0 saturated heterocycles. The fraction of sp³-hybridized carbons (Fsp3) is 0.0556. The highest BCUT2D eigenvalue weighted by molar-refractivity contribution is 7.14. The van der Waals surface area contributed by atoms with Gasteiger partial charge in [-0.15, -0.1) is 11.3 Å². The Labute approximate surface area is 144 Å². The summed E-state index contributed by atoms with van der Waals surface area (Å²) in [5.74, 6) is 0. The Hall–Kier alpha value is -2.80. The van der Waals surface area contributed by atoms with Crippen molar-refractivity contribution in [3.63, 3.8) is 0 Å². The van der Waals surface area contributed by atoms with Gasteiger partial charge in [0.25, 0.3) is 0 Å². The highest BCUT2D eigenvalue weighted by Gasteiger charge is 2.30. The van der Waals surface area contributed by atoms with Crippen LogP contribution in [0, 0.1) is 0 Å². The zero-order chi connectivity index (χ0) is 17.4. The lowest BCUT2D eigenvalue weighted by Crippen LogP contribution is -2.05. The molecule has 4 aromatic rings. The quantitative estimate of drug-likeness (QED) is 0.465. The maximum Gasteiger partial charge on any atom is 0.416 e. The minimum Gasteiger partial charge on any atom is -0.464 e. The lowest BCUT2D eigenvalue weighted by atomic mass is 10.1. The van der Waals surface area contributed by atoms with E-state index < -0.39 is 11.7 Å². The van der Waals surface area contributed by atoms with Gasteiger partial charge in [0.2, 0.25) is 0 Å². The molecule has 2 aromatic carbocycles. The van der Waals surface area contributed by atoms with E-state index in [1.165, 1.54) is 17.4 Å². The van der Waals surface area contributed by atoms with E-state index in [-0.39, 0.29) is 0 Å². The first-order valence-electron chi connectivity index (χ1n) is 7.36. The number of nitrogens with one attached hydrogen (secondary N) is 1. The maximum absolute atomic E-state index is 12.8. The van der Waals surface area contributed by atoms with Gasteiger partial charge in [-0.05, 0) is 42.5 Å². The molecular weight excluding hydrogens is 349 g/mol. The van der Waals surface area contributed by atoms with E-state index in [1.54, 1.807) is 12.3 Å². The molecule has 1 N–H and O–H groups in total. The highest BCUT2D eigenvalue weighted by Crippen LogP contribution is 2.33. The summed E-state index contributed by atoms with van der Waals surface area (Å²) in [6, 6.07) is 12.6. The fourth-order valence-corrected chi connectivity index (χ4v) is 3.23. The molecule has 126 valence electrons. The molecule has 0 radical (unpaired) electrons. The van der Waals surface area contributed by atoms with Gasteiger partial charge in [-0.2, -0.15) is 13.2 Å². The van der Waals surface area contributed by atoms with Crippen molar-refractivity contribution in [3.05, 3.63) is 65.7 Å². The first kappa shape index (κ1) is 15.7. The first-order valence-corrected chi connectivity index (χ1v) is 8.24. The Morgan fingerprint density at radius 3 is 2.76 bits per heavy atom. The monoisotopic (exact) mass is 360 g/mol. The molecule has 2 heterocycles. The molecule has 7 heteroatoms. The molecule has 0 spiro atoms. The molecular formula is C18H11F3N2OS. The average molecular weight is 360 g/mol. The first-order chi connectivity index (χ1) is 12.0. The molecule has 2 aromatic heterocycles. The van der Waals surface area contributed by atoms with Gasteiger partial charge in [0.15, 0.2) is 5.13 Å². The van der Waals surface area contributed by atoms with Gasteiger partial charge in [-0.1, -0.05) is 6.07 Å². The molecule has 25 heavy (non-hydrogen) atoms. The number of furan rings is 1. The van der Waals surface area contributed by atoms with Crippen molar-refractivity contribution in [2.24, 2.45) is 0 Å². The third kappa shape index (κ3) is 3.23. The van der Waals surface area contributed by atoms with E-state index in [2.05, 4.69) is 10.3 Å². The van der Waals surface area contributed by atoms with Crippen molar-refractivity contribution >= 4 is 33.1 Å². The van der Waals surface area contributed by atoms with E-state index in [0.717, 1.165) is 34.4 Å². The minimum absolute atomic E-state index is 0.348. The van der Waals surface area contributed by atoms with Crippen LogP contribution in [0.15, 0.2) is 64.6 Å². The van der Waals surface area contributed by atoms with Crippen molar-refractivity contribution in [1.29, 1.82) is 0 Å². The molecule has 0 aliphatic carbocycles. The van der Waals surface area contributed by atoms with Crippen LogP contribution in [0.3, 0.4) is 0 Å². The summed E-state index contributed by atoms with van der Waals surface area (Å²) in [5, 5.41) is 6.29. The second-order valence-electron chi connectivity index (χ2n) is 5.41. The largest absolute Gasteiger partial charge is 0.464 e. The van der Waals surface area contributed by atoms with Crippen LogP contribution >= 0.6 is 11.3 Å². The second-order valence-corrected chi connectivity index (χ2v) is 6.27. The second kappa shape index (κ2) is 5.93. The molecule has 0 bridgehead atoms. The van der Waals surface area contributed by atoms with E-state index in [9.17, 15) is 13.2 Å². The Morgan fingerprint density at radius 2 is 1.92 bits per heavy atom. The smallest absolute Gasteiger partial charge is 0.416 e. The number of alkyl halides is 3. The number of halogens is 3. The zero-order valence-corrected chi connectivity index (χ0v) is 13.5. The standard InChI is InChI=1S/C18H11F3N2OS/c19-18(20,21)13-2-1-3-14(9-13)22-17-23-15(10-25-17)11-4-5-16-12(8-11)6-7-24-16/h1-10H,(H,22,23). The Bertz CT molecular complexity index is 1040. The molecule has 4 rings (SSSR count). The lowest BCUT2D eigenvalue weighted by Gasteiger charge is -2.08. The lowest BCUT2D eigenvalue weighted by molar-refractivity contribution is -0.137. The number of thiazole rings is 1. The molecule has 0 aliphatic heterocycles. The normalized spacial score (nSPS) is 11.8. The highest BCUT2D eigenvalue weighted by atomic mass is 32.1. The molecule has 0 fully saturated rings. The summed E-state index contributed by atoms with van der Waals surface area (Å²) in [6.45, 7) is 0. The number of rotatable bonds is 3. The zero-order valence-electron chi connectivity index (χ0n) is 12.7. The van der Waals surface area contributed by atoms with Gasteiger partial charge in [0.05, 0.1) is 17.5 Å². The molecule has 0 atom stereocenters. The number of anilines is 2. The number of nitrogens with zero attached hydrogens (tertiary/aromatic N) is 1. The van der Waals surface area contributed by atoms with E-state index in [1.807, 2.05) is 29.6 Å². The number of benzene rings is 2.